The van der Waals surface area contributed by atoms with Crippen molar-refractivity contribution in [2.24, 2.45) is 0 Å². The molecule has 0 amide bonds. The van der Waals surface area contributed by atoms with E-state index in [1.165, 1.54) is 0 Å². The van der Waals surface area contributed by atoms with Gasteiger partial charge in [-0.3, -0.25) is 4.79 Å². The number of hydrogen-bond donors (Lipinski definition) is 1. The van der Waals surface area contributed by atoms with Crippen molar-refractivity contribution in [1.82, 2.24) is 0 Å². The Morgan fingerprint density at radius 2 is 2.25 bits per heavy atom. The fourth-order valence-electron chi connectivity index (χ4n) is 2.17. The average Bonchev–Trinajstić information content (AvgIpc) is 2.99. The first-order valence-electron chi connectivity index (χ1n) is 5.46. The zero-order chi connectivity index (χ0) is 11.6. The van der Waals surface area contributed by atoms with E-state index in [0.717, 1.165) is 24.0 Å². The van der Waals surface area contributed by atoms with Crippen molar-refractivity contribution < 1.29 is 14.6 Å². The van der Waals surface area contributed by atoms with E-state index in [2.05, 4.69) is 6.07 Å². The molecule has 0 bridgehead atoms. The van der Waals surface area contributed by atoms with E-state index in [9.17, 15) is 4.79 Å². The van der Waals surface area contributed by atoms with Crippen molar-refractivity contribution in [2.45, 2.75) is 31.3 Å². The summed E-state index contributed by atoms with van der Waals surface area (Å²) in [5, 5.41) is 8.90. The second-order valence-corrected chi connectivity index (χ2v) is 4.48. The molecule has 0 radical (unpaired) electrons. The molecule has 0 atom stereocenters. The van der Waals surface area contributed by atoms with Crippen LogP contribution in [0.1, 0.15) is 30.4 Å². The molecule has 1 aliphatic rings. The zero-order valence-electron chi connectivity index (χ0n) is 9.40. The maximum absolute atomic E-state index is 10.8. The van der Waals surface area contributed by atoms with Gasteiger partial charge in [0.1, 0.15) is 0 Å². The van der Waals surface area contributed by atoms with Gasteiger partial charge in [-0.15, -0.1) is 0 Å². The molecule has 3 nitrogen and oxygen atoms in total. The molecule has 1 aromatic rings. The number of rotatable bonds is 5. The van der Waals surface area contributed by atoms with E-state index in [-0.39, 0.29) is 11.8 Å². The Kier molecular flexibility index (Phi) is 2.97. The Hall–Kier alpha value is -1.35. The fourth-order valence-corrected chi connectivity index (χ4v) is 2.17. The minimum absolute atomic E-state index is 0.102. The first kappa shape index (κ1) is 11.1. The number of carbonyl (C=O) groups is 1. The van der Waals surface area contributed by atoms with Gasteiger partial charge in [0, 0.05) is 12.5 Å². The number of benzene rings is 1. The van der Waals surface area contributed by atoms with Crippen LogP contribution >= 0.6 is 0 Å². The van der Waals surface area contributed by atoms with E-state index >= 15 is 0 Å². The minimum Gasteiger partial charge on any atom is -0.481 e. The van der Waals surface area contributed by atoms with Crippen LogP contribution in [0, 0.1) is 0 Å². The lowest BCUT2D eigenvalue weighted by molar-refractivity contribution is -0.137. The normalized spacial score (nSPS) is 17.1. The number of carboxylic acid groups (broad SMARTS) is 1. The van der Waals surface area contributed by atoms with E-state index in [0.29, 0.717) is 6.61 Å². The Morgan fingerprint density at radius 3 is 2.81 bits per heavy atom. The summed E-state index contributed by atoms with van der Waals surface area (Å²) in [5.74, 6) is -0.713. The molecule has 0 heterocycles. The van der Waals surface area contributed by atoms with Gasteiger partial charge in [-0.05, 0) is 24.0 Å². The molecule has 16 heavy (non-hydrogen) atoms. The van der Waals surface area contributed by atoms with Crippen LogP contribution < -0.4 is 0 Å². The fraction of sp³-hybridized carbons (Fsp3) is 0.462. The molecule has 2 rings (SSSR count). The summed E-state index contributed by atoms with van der Waals surface area (Å²) in [6, 6.07) is 8.07. The maximum Gasteiger partial charge on any atom is 0.304 e. The third kappa shape index (κ3) is 2.25. The molecule has 0 aromatic heterocycles. The number of methoxy groups -OCH3 is 1. The summed E-state index contributed by atoms with van der Waals surface area (Å²) in [7, 11) is 1.66. The number of aliphatic carboxylic acids is 1. The van der Waals surface area contributed by atoms with Crippen molar-refractivity contribution in [2.75, 3.05) is 7.11 Å². The highest BCUT2D eigenvalue weighted by molar-refractivity contribution is 5.70. The van der Waals surface area contributed by atoms with E-state index in [1.807, 2.05) is 18.2 Å². The van der Waals surface area contributed by atoms with Gasteiger partial charge in [0.2, 0.25) is 0 Å². The number of hydrogen-bond acceptors (Lipinski definition) is 2. The third-order valence-electron chi connectivity index (χ3n) is 3.19. The van der Waals surface area contributed by atoms with Crippen molar-refractivity contribution in [3.8, 4) is 0 Å². The molecule has 0 spiro atoms. The molecular weight excluding hydrogens is 204 g/mol. The number of carboxylic acids is 1. The second kappa shape index (κ2) is 4.26. The van der Waals surface area contributed by atoms with Gasteiger partial charge in [-0.1, -0.05) is 24.3 Å². The quantitative estimate of drug-likeness (QED) is 0.828. The lowest BCUT2D eigenvalue weighted by atomic mass is 9.91. The van der Waals surface area contributed by atoms with Crippen molar-refractivity contribution >= 4 is 5.97 Å². The topological polar surface area (TPSA) is 46.5 Å². The monoisotopic (exact) mass is 220 g/mol. The molecule has 0 unspecified atom stereocenters. The molecule has 1 aromatic carbocycles. The summed E-state index contributed by atoms with van der Waals surface area (Å²) in [6.45, 7) is 0.580. The summed E-state index contributed by atoms with van der Waals surface area (Å²) >= 11 is 0. The van der Waals surface area contributed by atoms with E-state index in [4.69, 9.17) is 9.84 Å². The van der Waals surface area contributed by atoms with Crippen molar-refractivity contribution in [3.63, 3.8) is 0 Å². The minimum atomic E-state index is -0.713. The highest BCUT2D eigenvalue weighted by Gasteiger charge is 2.45. The zero-order valence-corrected chi connectivity index (χ0v) is 9.40. The van der Waals surface area contributed by atoms with Gasteiger partial charge in [0.05, 0.1) is 13.0 Å². The predicted molar refractivity (Wildman–Crippen MR) is 60.3 cm³/mol. The first-order chi connectivity index (χ1) is 7.66. The van der Waals surface area contributed by atoms with Crippen molar-refractivity contribution in [1.29, 1.82) is 0 Å². The van der Waals surface area contributed by atoms with Crippen LogP contribution in [0.2, 0.25) is 0 Å². The Morgan fingerprint density at radius 1 is 1.50 bits per heavy atom. The van der Waals surface area contributed by atoms with Crippen LogP contribution in [0.4, 0.5) is 0 Å². The van der Waals surface area contributed by atoms with Gasteiger partial charge >= 0.3 is 5.97 Å². The van der Waals surface area contributed by atoms with E-state index in [1.54, 1.807) is 7.11 Å². The third-order valence-corrected chi connectivity index (χ3v) is 3.19. The maximum atomic E-state index is 10.8. The van der Waals surface area contributed by atoms with Gasteiger partial charge in [0.15, 0.2) is 0 Å². The molecule has 1 saturated carbocycles. The molecule has 1 aliphatic carbocycles. The highest BCUT2D eigenvalue weighted by atomic mass is 16.5. The molecule has 1 N–H and O–H groups in total. The van der Waals surface area contributed by atoms with E-state index < -0.39 is 5.97 Å². The summed E-state index contributed by atoms with van der Waals surface area (Å²) in [5.41, 5.74) is 2.15. The first-order valence-corrected chi connectivity index (χ1v) is 5.46. The van der Waals surface area contributed by atoms with Crippen LogP contribution in [0.5, 0.6) is 0 Å². The highest BCUT2D eigenvalue weighted by Crippen LogP contribution is 2.51. The largest absolute Gasteiger partial charge is 0.481 e. The van der Waals surface area contributed by atoms with Gasteiger partial charge in [-0.25, -0.2) is 0 Å². The van der Waals surface area contributed by atoms with Crippen LogP contribution in [-0.4, -0.2) is 18.2 Å². The number of ether oxygens (including phenoxy) is 1. The second-order valence-electron chi connectivity index (χ2n) is 4.48. The standard InChI is InChI=1S/C13H16O3/c1-16-9-10-3-2-4-11(7-10)13(5-6-13)8-12(14)15/h2-4,7H,5-6,8-9H2,1H3,(H,14,15). The Bertz CT molecular complexity index is 394. The molecule has 86 valence electrons. The smallest absolute Gasteiger partial charge is 0.304 e. The van der Waals surface area contributed by atoms with Crippen molar-refractivity contribution in [3.05, 3.63) is 35.4 Å². The van der Waals surface area contributed by atoms with Crippen LogP contribution in [0.3, 0.4) is 0 Å². The molecular formula is C13H16O3. The average molecular weight is 220 g/mol. The SMILES string of the molecule is COCc1cccc(C2(CC(=O)O)CC2)c1. The summed E-state index contributed by atoms with van der Waals surface area (Å²) in [6.07, 6.45) is 2.20. The molecule has 1 fully saturated rings. The summed E-state index contributed by atoms with van der Waals surface area (Å²) in [4.78, 5) is 10.8. The van der Waals surface area contributed by atoms with Gasteiger partial charge < -0.3 is 9.84 Å². The van der Waals surface area contributed by atoms with Crippen LogP contribution in [0.15, 0.2) is 24.3 Å². The predicted octanol–water partition coefficient (Wildman–Crippen LogP) is 2.34. The van der Waals surface area contributed by atoms with Gasteiger partial charge in [0.25, 0.3) is 0 Å². The van der Waals surface area contributed by atoms with Gasteiger partial charge in [-0.2, -0.15) is 0 Å². The lowest BCUT2D eigenvalue weighted by Gasteiger charge is -2.14. The molecule has 3 heteroatoms. The molecule has 0 aliphatic heterocycles. The van der Waals surface area contributed by atoms with Crippen LogP contribution in [0.25, 0.3) is 0 Å². The summed E-state index contributed by atoms with van der Waals surface area (Å²) < 4.78 is 5.08. The Balaban J connectivity index is 2.20. The van der Waals surface area contributed by atoms with Crippen LogP contribution in [-0.2, 0) is 21.6 Å². The lowest BCUT2D eigenvalue weighted by Crippen LogP contribution is -2.13. The Labute approximate surface area is 95.0 Å². The molecule has 0 saturated heterocycles.